The first-order valence-corrected chi connectivity index (χ1v) is 14.5. The van der Waals surface area contributed by atoms with Crippen LogP contribution in [0.4, 0.5) is 5.13 Å². The Balaban J connectivity index is 1.36. The fraction of sp³-hybridized carbons (Fsp3) is 0.320. The van der Waals surface area contributed by atoms with Gasteiger partial charge in [0.15, 0.2) is 29.8 Å². The van der Waals surface area contributed by atoms with E-state index >= 15 is 0 Å². The lowest BCUT2D eigenvalue weighted by atomic mass is 10.0. The third kappa shape index (κ3) is 5.58. The van der Waals surface area contributed by atoms with Crippen LogP contribution in [0.1, 0.15) is 11.4 Å². The fourth-order valence-electron chi connectivity index (χ4n) is 4.73. The summed E-state index contributed by atoms with van der Waals surface area (Å²) in [6, 6.07) is 4.31. The Labute approximate surface area is 246 Å². The van der Waals surface area contributed by atoms with Crippen LogP contribution in [0.3, 0.4) is 0 Å². The molecule has 42 heavy (non-hydrogen) atoms. The molecule has 220 valence electrons. The van der Waals surface area contributed by atoms with E-state index in [0.717, 1.165) is 21.8 Å². The highest BCUT2D eigenvalue weighted by molar-refractivity contribution is 8.00. The van der Waals surface area contributed by atoms with Crippen molar-refractivity contribution in [2.24, 2.45) is 5.16 Å². The molecule has 3 aromatic heterocycles. The SMILES string of the molecule is CO/N=C(\C(=O)N[C@@H]1C(=O)N2C(C(=O)[O-])=C(C[n+]3cccc(-c4cc(CO)nn4CCO)c3)CS[C@H]12)c1csc(N)n1. The Morgan fingerprint density at radius 3 is 2.86 bits per heavy atom. The van der Waals surface area contributed by atoms with Gasteiger partial charge in [0.05, 0.1) is 48.4 Å². The van der Waals surface area contributed by atoms with Crippen LogP contribution < -0.4 is 20.7 Å². The van der Waals surface area contributed by atoms with Crippen LogP contribution in [0.2, 0.25) is 0 Å². The minimum atomic E-state index is -1.50. The molecule has 2 amide bonds. The molecular formula is C25H26N8O7S2. The molecule has 0 aromatic carbocycles. The molecule has 1 saturated heterocycles. The molecule has 2 aliphatic rings. The highest BCUT2D eigenvalue weighted by Gasteiger charge is 2.53. The van der Waals surface area contributed by atoms with Crippen molar-refractivity contribution in [1.29, 1.82) is 0 Å². The molecule has 17 heteroatoms. The molecule has 0 radical (unpaired) electrons. The van der Waals surface area contributed by atoms with Crippen LogP contribution in [0.5, 0.6) is 0 Å². The van der Waals surface area contributed by atoms with Gasteiger partial charge in [0, 0.05) is 22.8 Å². The number of carbonyl (C=O) groups excluding carboxylic acids is 3. The van der Waals surface area contributed by atoms with E-state index in [9.17, 15) is 29.7 Å². The zero-order chi connectivity index (χ0) is 30.0. The van der Waals surface area contributed by atoms with E-state index in [1.807, 2.05) is 6.07 Å². The number of nitrogens with two attached hydrogens (primary N) is 1. The predicted molar refractivity (Wildman–Crippen MR) is 148 cm³/mol. The minimum absolute atomic E-state index is 0.141. The molecule has 0 bridgehead atoms. The molecule has 2 aliphatic heterocycles. The molecule has 5 heterocycles. The molecular weight excluding hydrogens is 588 g/mol. The van der Waals surface area contributed by atoms with Crippen molar-refractivity contribution in [3.63, 3.8) is 0 Å². The first-order valence-electron chi connectivity index (χ1n) is 12.5. The highest BCUT2D eigenvalue weighted by atomic mass is 32.2. The molecule has 15 nitrogen and oxygen atoms in total. The van der Waals surface area contributed by atoms with Gasteiger partial charge in [0.2, 0.25) is 0 Å². The van der Waals surface area contributed by atoms with Crippen molar-refractivity contribution >= 4 is 51.7 Å². The van der Waals surface area contributed by atoms with Gasteiger partial charge in [-0.2, -0.15) is 5.10 Å². The average Bonchev–Trinajstić information content (AvgIpc) is 3.60. The highest BCUT2D eigenvalue weighted by Crippen LogP contribution is 2.40. The fourth-order valence-corrected chi connectivity index (χ4v) is 6.62. The van der Waals surface area contributed by atoms with E-state index in [1.165, 1.54) is 24.3 Å². The maximum atomic E-state index is 13.1. The summed E-state index contributed by atoms with van der Waals surface area (Å²) in [5.41, 5.74) is 7.73. The molecule has 1 fully saturated rings. The molecule has 2 atom stereocenters. The van der Waals surface area contributed by atoms with Crippen molar-refractivity contribution in [1.82, 2.24) is 25.0 Å². The van der Waals surface area contributed by atoms with Gasteiger partial charge in [-0.15, -0.1) is 23.1 Å². The number of β-lactam (4-membered cyclic amide) rings is 1. The number of pyridine rings is 1. The van der Waals surface area contributed by atoms with Crippen LogP contribution in [-0.2, 0) is 38.9 Å². The summed E-state index contributed by atoms with van der Waals surface area (Å²) in [6.45, 7) is -0.0238. The summed E-state index contributed by atoms with van der Waals surface area (Å²) in [6.07, 6.45) is 3.54. The second-order valence-electron chi connectivity index (χ2n) is 9.18. The summed E-state index contributed by atoms with van der Waals surface area (Å²) in [7, 11) is 1.26. The van der Waals surface area contributed by atoms with Crippen LogP contribution in [-0.4, -0.2) is 84.3 Å². The number of aliphatic hydroxyl groups is 2. The van der Waals surface area contributed by atoms with Crippen LogP contribution in [0.15, 0.2) is 52.4 Å². The Kier molecular flexibility index (Phi) is 8.53. The topological polar surface area (TPSA) is 212 Å². The standard InChI is InChI=1S/C25H26N8O7S2/c1-40-30-18(16-12-42-25(26)27-16)21(36)28-19-22(37)33-20(24(38)39)14(11-41-23(19)33)9-31-4-2-3-13(8-31)17-7-15(10-35)29-32(17)5-6-34/h2-4,7-8,12,19,23,34-35H,5-6,9-11H2,1H3,(H3-,26,27,28,36,38,39)/b30-18-/t19-,23-/m1/s1. The number of aromatic nitrogens is 4. The van der Waals surface area contributed by atoms with E-state index in [1.54, 1.807) is 33.8 Å². The summed E-state index contributed by atoms with van der Waals surface area (Å²) in [5.74, 6) is -2.56. The first kappa shape index (κ1) is 29.2. The summed E-state index contributed by atoms with van der Waals surface area (Å²) >= 11 is 2.42. The molecule has 0 saturated carbocycles. The van der Waals surface area contributed by atoms with E-state index in [2.05, 4.69) is 20.6 Å². The largest absolute Gasteiger partial charge is 0.543 e. The second-order valence-corrected chi connectivity index (χ2v) is 11.2. The van der Waals surface area contributed by atoms with Crippen LogP contribution >= 0.6 is 23.1 Å². The number of thioether (sulfide) groups is 1. The maximum Gasteiger partial charge on any atom is 0.276 e. The maximum absolute atomic E-state index is 13.1. The van der Waals surface area contributed by atoms with E-state index in [0.29, 0.717) is 17.0 Å². The molecule has 3 aromatic rings. The number of nitrogen functional groups attached to an aromatic ring is 1. The molecule has 0 unspecified atom stereocenters. The number of hydrogen-bond acceptors (Lipinski definition) is 13. The molecule has 0 spiro atoms. The van der Waals surface area contributed by atoms with E-state index in [4.69, 9.17) is 10.6 Å². The van der Waals surface area contributed by atoms with Crippen molar-refractivity contribution in [3.8, 4) is 11.3 Å². The molecule has 5 rings (SSSR count). The lowest BCUT2D eigenvalue weighted by Crippen LogP contribution is -2.71. The number of carbonyl (C=O) groups is 3. The number of oxime groups is 1. The quantitative estimate of drug-likeness (QED) is 0.0789. The minimum Gasteiger partial charge on any atom is -0.543 e. The zero-order valence-electron chi connectivity index (χ0n) is 22.2. The Morgan fingerprint density at radius 1 is 1.38 bits per heavy atom. The number of hydrogen-bond donors (Lipinski definition) is 4. The average molecular weight is 615 g/mol. The van der Waals surface area contributed by atoms with Gasteiger partial charge in [0.25, 0.3) is 11.8 Å². The Bertz CT molecular complexity index is 1600. The van der Waals surface area contributed by atoms with Gasteiger partial charge < -0.3 is 36.0 Å². The van der Waals surface area contributed by atoms with Crippen LogP contribution in [0, 0.1) is 0 Å². The van der Waals surface area contributed by atoms with Crippen molar-refractivity contribution < 1.29 is 39.1 Å². The molecule has 5 N–H and O–H groups in total. The Morgan fingerprint density at radius 2 is 2.19 bits per heavy atom. The number of nitrogens with zero attached hydrogens (tertiary/aromatic N) is 6. The number of rotatable bonds is 11. The lowest BCUT2D eigenvalue weighted by Gasteiger charge is -2.50. The third-order valence-electron chi connectivity index (χ3n) is 6.52. The van der Waals surface area contributed by atoms with Crippen molar-refractivity contribution in [2.45, 2.75) is 31.1 Å². The van der Waals surface area contributed by atoms with Crippen LogP contribution in [0.25, 0.3) is 11.3 Å². The smallest absolute Gasteiger partial charge is 0.276 e. The number of carboxylic acids is 1. The summed E-state index contributed by atoms with van der Waals surface area (Å²) in [4.78, 5) is 48.3. The number of anilines is 1. The first-order chi connectivity index (χ1) is 20.2. The van der Waals surface area contributed by atoms with Crippen molar-refractivity contribution in [3.05, 3.63) is 58.6 Å². The number of aliphatic carboxylic acids is 1. The molecule has 0 aliphatic carbocycles. The number of aliphatic hydroxyl groups excluding tert-OH is 2. The number of carboxylic acid groups (broad SMARTS) is 1. The number of nitrogens with one attached hydrogen (secondary N) is 1. The van der Waals surface area contributed by atoms with Gasteiger partial charge in [-0.25, -0.2) is 9.55 Å². The zero-order valence-corrected chi connectivity index (χ0v) is 23.8. The number of thiazole rings is 1. The van der Waals surface area contributed by atoms with E-state index in [-0.39, 0.29) is 54.3 Å². The van der Waals surface area contributed by atoms with Gasteiger partial charge in [-0.05, 0) is 12.1 Å². The van der Waals surface area contributed by atoms with Gasteiger partial charge in [0.1, 0.15) is 24.2 Å². The van der Waals surface area contributed by atoms with E-state index < -0.39 is 29.2 Å². The van der Waals surface area contributed by atoms with Gasteiger partial charge in [-0.1, -0.05) is 5.16 Å². The summed E-state index contributed by atoms with van der Waals surface area (Å²) < 4.78 is 3.34. The second kappa shape index (κ2) is 12.3. The van der Waals surface area contributed by atoms with Gasteiger partial charge in [-0.3, -0.25) is 19.2 Å². The lowest BCUT2D eigenvalue weighted by molar-refractivity contribution is -0.688. The number of amides is 2. The third-order valence-corrected chi connectivity index (χ3v) is 8.53. The van der Waals surface area contributed by atoms with Crippen molar-refractivity contribution in [2.75, 3.05) is 25.2 Å². The predicted octanol–water partition coefficient (Wildman–Crippen LogP) is -2.18. The monoisotopic (exact) mass is 614 g/mol. The number of fused-ring (bicyclic) bond motifs is 1. The summed E-state index contributed by atoms with van der Waals surface area (Å²) in [5, 5.41) is 42.8. The Hall–Kier alpha value is -4.32. The van der Waals surface area contributed by atoms with Gasteiger partial charge >= 0.3 is 0 Å². The normalized spacial score (nSPS) is 18.5.